The fourth-order valence-electron chi connectivity index (χ4n) is 3.70. The second-order valence-electron chi connectivity index (χ2n) is 7.69. The Balaban J connectivity index is 1.60. The second kappa shape index (κ2) is 10.1. The van der Waals surface area contributed by atoms with Crippen LogP contribution in [0.3, 0.4) is 0 Å². The number of nitrogens with one attached hydrogen (secondary N) is 1. The average Bonchev–Trinajstić information content (AvgIpc) is 3.44. The predicted molar refractivity (Wildman–Crippen MR) is 118 cm³/mol. The molecule has 1 aliphatic rings. The monoisotopic (exact) mass is 431 g/mol. The largest absolute Gasteiger partial charge is 0.380 e. The van der Waals surface area contributed by atoms with Crippen molar-refractivity contribution < 1.29 is 19.8 Å². The quantitative estimate of drug-likeness (QED) is 0.590. The minimum absolute atomic E-state index is 0.180. The van der Waals surface area contributed by atoms with Crippen LogP contribution in [0.25, 0.3) is 0 Å². The molecule has 162 valence electrons. The van der Waals surface area contributed by atoms with E-state index in [1.54, 1.807) is 16.2 Å². The summed E-state index contributed by atoms with van der Waals surface area (Å²) >= 11 is 1.58. The highest BCUT2D eigenvalue weighted by Crippen LogP contribution is 2.34. The molecule has 1 saturated heterocycles. The number of carbonyl (C=O) groups excluding carboxylic acids is 2. The molecule has 0 saturated carbocycles. The zero-order chi connectivity index (χ0) is 21.7. The van der Waals surface area contributed by atoms with Crippen LogP contribution in [0.2, 0.25) is 0 Å². The minimum Gasteiger partial charge on any atom is -0.380 e. The van der Waals surface area contributed by atoms with Crippen LogP contribution in [-0.2, 0) is 16.0 Å². The summed E-state index contributed by atoms with van der Waals surface area (Å²) in [4.78, 5) is 29.8. The molecule has 3 atom stereocenters. The number of carbonyl (C=O) groups is 2. The molecule has 0 aliphatic carbocycles. The number of nitrogens with zero attached hydrogens (tertiary/aromatic N) is 2. The van der Waals surface area contributed by atoms with Gasteiger partial charge in [0.05, 0.1) is 6.04 Å². The van der Waals surface area contributed by atoms with Crippen molar-refractivity contribution in [3.63, 3.8) is 0 Å². The van der Waals surface area contributed by atoms with Gasteiger partial charge in [0.25, 0.3) is 11.8 Å². The van der Waals surface area contributed by atoms with Gasteiger partial charge in [-0.25, -0.2) is 0 Å². The van der Waals surface area contributed by atoms with Crippen LogP contribution in [0, 0.1) is 0 Å². The summed E-state index contributed by atoms with van der Waals surface area (Å²) in [5.74, 6) is -1.36. The van der Waals surface area contributed by atoms with Gasteiger partial charge in [-0.3, -0.25) is 9.59 Å². The van der Waals surface area contributed by atoms with Crippen molar-refractivity contribution in [3.05, 3.63) is 52.2 Å². The zero-order valence-electron chi connectivity index (χ0n) is 17.3. The van der Waals surface area contributed by atoms with Gasteiger partial charge >= 0.3 is 0 Å². The lowest BCUT2D eigenvalue weighted by Crippen LogP contribution is -2.50. The molecule has 0 bridgehead atoms. The zero-order valence-corrected chi connectivity index (χ0v) is 18.1. The molecule has 8 heteroatoms. The highest BCUT2D eigenvalue weighted by atomic mass is 32.1. The van der Waals surface area contributed by atoms with Crippen LogP contribution >= 0.6 is 11.3 Å². The van der Waals surface area contributed by atoms with E-state index in [2.05, 4.69) is 5.32 Å². The summed E-state index contributed by atoms with van der Waals surface area (Å²) in [6.45, 7) is 0.820. The summed E-state index contributed by atoms with van der Waals surface area (Å²) in [7, 11) is 3.90. The Morgan fingerprint density at radius 1 is 1.23 bits per heavy atom. The van der Waals surface area contributed by atoms with Gasteiger partial charge in [-0.2, -0.15) is 0 Å². The van der Waals surface area contributed by atoms with Crippen molar-refractivity contribution in [2.45, 2.75) is 37.5 Å². The molecule has 2 amide bonds. The maximum Gasteiger partial charge on any atom is 0.255 e. The number of anilines is 1. The third kappa shape index (κ3) is 5.19. The molecule has 1 aromatic heterocycles. The standard InChI is InChI=1S/C22H29N3O4S/c1-24(2)16-7-3-6-15(14-16)18-9-4-12-25(18)22(29)20(27)19(26)21(28)23-11-10-17-8-5-13-30-17/h3,5-8,13-14,18-20,26-27H,4,9-12H2,1-2H3,(H,23,28)/t18?,19-,20-/m1/s1. The van der Waals surface area contributed by atoms with Crippen molar-refractivity contribution in [1.29, 1.82) is 0 Å². The first-order valence-electron chi connectivity index (χ1n) is 10.1. The Labute approximate surface area is 180 Å². The Hall–Kier alpha value is -2.42. The first-order chi connectivity index (χ1) is 14.4. The van der Waals surface area contributed by atoms with Gasteiger partial charge in [-0.05, 0) is 48.4 Å². The Bertz CT molecular complexity index is 856. The molecule has 1 unspecified atom stereocenters. The second-order valence-corrected chi connectivity index (χ2v) is 8.72. The van der Waals surface area contributed by atoms with Crippen molar-refractivity contribution >= 4 is 28.8 Å². The number of aliphatic hydroxyl groups excluding tert-OH is 2. The third-order valence-corrected chi connectivity index (χ3v) is 6.31. The van der Waals surface area contributed by atoms with E-state index in [4.69, 9.17) is 0 Å². The van der Waals surface area contributed by atoms with Crippen molar-refractivity contribution in [1.82, 2.24) is 10.2 Å². The number of benzene rings is 1. The van der Waals surface area contributed by atoms with Crippen LogP contribution in [0.5, 0.6) is 0 Å². The SMILES string of the molecule is CN(C)c1cccc(C2CCCN2C(=O)[C@H](O)[C@@H](O)C(=O)NCCc2cccs2)c1. The van der Waals surface area contributed by atoms with Gasteiger partial charge in [0.15, 0.2) is 12.2 Å². The minimum atomic E-state index is -1.80. The van der Waals surface area contributed by atoms with Crippen molar-refractivity contribution in [2.24, 2.45) is 0 Å². The van der Waals surface area contributed by atoms with Gasteiger partial charge in [0, 0.05) is 37.7 Å². The lowest BCUT2D eigenvalue weighted by Gasteiger charge is -2.29. The molecule has 2 heterocycles. The van der Waals surface area contributed by atoms with Gasteiger partial charge in [-0.15, -0.1) is 11.3 Å². The first kappa shape index (κ1) is 22.3. The van der Waals surface area contributed by atoms with Crippen LogP contribution in [0.1, 0.15) is 29.3 Å². The fraction of sp³-hybridized carbons (Fsp3) is 0.455. The molecule has 1 aliphatic heterocycles. The smallest absolute Gasteiger partial charge is 0.255 e. The van der Waals surface area contributed by atoms with E-state index in [1.165, 1.54) is 0 Å². The van der Waals surface area contributed by atoms with E-state index in [0.717, 1.165) is 29.0 Å². The number of rotatable bonds is 8. The molecule has 1 aromatic carbocycles. The number of hydrogen-bond donors (Lipinski definition) is 3. The molecule has 2 aromatic rings. The first-order valence-corrected chi connectivity index (χ1v) is 11.0. The Morgan fingerprint density at radius 3 is 2.73 bits per heavy atom. The molecule has 0 spiro atoms. The van der Waals surface area contributed by atoms with E-state index in [1.807, 2.05) is 60.8 Å². The van der Waals surface area contributed by atoms with Gasteiger partial charge in [0.2, 0.25) is 0 Å². The third-order valence-electron chi connectivity index (χ3n) is 5.38. The molecule has 7 nitrogen and oxygen atoms in total. The summed E-state index contributed by atoms with van der Waals surface area (Å²) in [6, 6.07) is 11.6. The summed E-state index contributed by atoms with van der Waals surface area (Å²) in [5.41, 5.74) is 2.01. The summed E-state index contributed by atoms with van der Waals surface area (Å²) in [5, 5.41) is 25.2. The molecule has 3 N–H and O–H groups in total. The van der Waals surface area contributed by atoms with Crippen LogP contribution < -0.4 is 10.2 Å². The number of hydrogen-bond acceptors (Lipinski definition) is 6. The van der Waals surface area contributed by atoms with Crippen molar-refractivity contribution in [2.75, 3.05) is 32.1 Å². The number of likely N-dealkylation sites (tertiary alicyclic amines) is 1. The summed E-state index contributed by atoms with van der Waals surface area (Å²) in [6.07, 6.45) is -1.37. The molecule has 0 radical (unpaired) electrons. The maximum absolute atomic E-state index is 12.9. The van der Waals surface area contributed by atoms with E-state index < -0.39 is 24.0 Å². The molecule has 1 fully saturated rings. The number of aliphatic hydroxyl groups is 2. The molecular weight excluding hydrogens is 402 g/mol. The number of amides is 2. The lowest BCUT2D eigenvalue weighted by molar-refractivity contribution is -0.153. The van der Waals surface area contributed by atoms with Gasteiger partial charge in [0.1, 0.15) is 0 Å². The highest BCUT2D eigenvalue weighted by Gasteiger charge is 2.38. The normalized spacial score (nSPS) is 18.1. The highest BCUT2D eigenvalue weighted by molar-refractivity contribution is 7.09. The van der Waals surface area contributed by atoms with Gasteiger partial charge < -0.3 is 25.3 Å². The summed E-state index contributed by atoms with van der Waals surface area (Å²) < 4.78 is 0. The van der Waals surface area contributed by atoms with Crippen LogP contribution in [0.4, 0.5) is 5.69 Å². The lowest BCUT2D eigenvalue weighted by atomic mass is 10.0. The molecular formula is C22H29N3O4S. The maximum atomic E-state index is 12.9. The van der Waals surface area contributed by atoms with E-state index in [9.17, 15) is 19.8 Å². The van der Waals surface area contributed by atoms with E-state index in [0.29, 0.717) is 19.5 Å². The predicted octanol–water partition coefficient (Wildman–Crippen LogP) is 1.56. The fourth-order valence-corrected chi connectivity index (χ4v) is 4.41. The Kier molecular flexibility index (Phi) is 7.47. The van der Waals surface area contributed by atoms with Crippen LogP contribution in [-0.4, -0.2) is 66.3 Å². The van der Waals surface area contributed by atoms with Crippen LogP contribution in [0.15, 0.2) is 41.8 Å². The van der Waals surface area contributed by atoms with Crippen molar-refractivity contribution in [3.8, 4) is 0 Å². The molecule has 3 rings (SSSR count). The Morgan fingerprint density at radius 2 is 2.03 bits per heavy atom. The van der Waals surface area contributed by atoms with E-state index in [-0.39, 0.29) is 6.04 Å². The topological polar surface area (TPSA) is 93.1 Å². The van der Waals surface area contributed by atoms with E-state index >= 15 is 0 Å². The average molecular weight is 432 g/mol. The van der Waals surface area contributed by atoms with Gasteiger partial charge in [-0.1, -0.05) is 18.2 Å². The molecule has 30 heavy (non-hydrogen) atoms. The number of thiophene rings is 1.